The maximum Gasteiger partial charge on any atom is 0.274 e. The normalized spacial score (nSPS) is 11.9. The van der Waals surface area contributed by atoms with Gasteiger partial charge >= 0.3 is 0 Å². The Hall–Kier alpha value is -0.890. The number of rotatable bonds is 7. The van der Waals surface area contributed by atoms with Gasteiger partial charge in [0.15, 0.2) is 0 Å². The van der Waals surface area contributed by atoms with Crippen molar-refractivity contribution in [1.29, 1.82) is 0 Å². The number of nitrogens with one attached hydrogen (secondary N) is 1. The van der Waals surface area contributed by atoms with Crippen molar-refractivity contribution >= 4 is 10.0 Å². The molecule has 0 spiro atoms. The second kappa shape index (κ2) is 6.00. The van der Waals surface area contributed by atoms with Gasteiger partial charge < -0.3 is 14.9 Å². The van der Waals surface area contributed by atoms with Crippen LogP contribution in [-0.4, -0.2) is 28.2 Å². The van der Waals surface area contributed by atoms with Gasteiger partial charge in [-0.1, -0.05) is 0 Å². The summed E-state index contributed by atoms with van der Waals surface area (Å²) >= 11 is 0. The monoisotopic (exact) mass is 248 g/mol. The van der Waals surface area contributed by atoms with Gasteiger partial charge in [0.05, 0.1) is 13.2 Å². The highest BCUT2D eigenvalue weighted by Gasteiger charge is 2.17. The number of ether oxygens (including phenoxy) is 1. The minimum atomic E-state index is -3.58. The molecule has 3 N–H and O–H groups in total. The lowest BCUT2D eigenvalue weighted by Crippen LogP contribution is -2.27. The van der Waals surface area contributed by atoms with Crippen molar-refractivity contribution in [3.63, 3.8) is 0 Å². The molecule has 6 nitrogen and oxygen atoms in total. The Labute approximate surface area is 94.8 Å². The van der Waals surface area contributed by atoms with E-state index in [4.69, 9.17) is 14.9 Å². The fraction of sp³-hybridized carbons (Fsp3) is 0.556. The summed E-state index contributed by atoms with van der Waals surface area (Å²) in [5.41, 5.74) is 5.32. The van der Waals surface area contributed by atoms with Crippen LogP contribution < -0.4 is 10.5 Å². The lowest BCUT2D eigenvalue weighted by atomic mass is 10.5. The molecule has 0 fully saturated rings. The number of nitrogens with two attached hydrogens (primary N) is 1. The molecule has 0 amide bonds. The third kappa shape index (κ3) is 3.60. The minimum Gasteiger partial charge on any atom is -0.447 e. The summed E-state index contributed by atoms with van der Waals surface area (Å²) in [6.45, 7) is 3.12. The molecular formula is C9H16N2O4S. The highest BCUT2D eigenvalue weighted by atomic mass is 32.2. The lowest BCUT2D eigenvalue weighted by molar-refractivity contribution is 0.153. The Morgan fingerprint density at radius 2 is 2.25 bits per heavy atom. The van der Waals surface area contributed by atoms with Gasteiger partial charge in [-0.3, -0.25) is 0 Å². The first-order valence-electron chi connectivity index (χ1n) is 4.96. The molecule has 1 aromatic rings. The zero-order valence-electron chi connectivity index (χ0n) is 9.10. The van der Waals surface area contributed by atoms with E-state index in [1.807, 2.05) is 6.92 Å². The molecule has 16 heavy (non-hydrogen) atoms. The highest BCUT2D eigenvalue weighted by Crippen LogP contribution is 2.12. The molecule has 0 saturated carbocycles. The van der Waals surface area contributed by atoms with Gasteiger partial charge in [-0.25, -0.2) is 13.1 Å². The lowest BCUT2D eigenvalue weighted by Gasteiger charge is -2.03. The molecule has 0 unspecified atom stereocenters. The Kier molecular flexibility index (Phi) is 4.94. The van der Waals surface area contributed by atoms with Gasteiger partial charge in [0, 0.05) is 13.2 Å². The first-order chi connectivity index (χ1) is 7.60. The number of hydrogen-bond acceptors (Lipinski definition) is 5. The van der Waals surface area contributed by atoms with Crippen LogP contribution in [0, 0.1) is 0 Å². The average molecular weight is 248 g/mol. The van der Waals surface area contributed by atoms with Crippen LogP contribution >= 0.6 is 0 Å². The first kappa shape index (κ1) is 13.2. The van der Waals surface area contributed by atoms with Crippen LogP contribution in [0.25, 0.3) is 0 Å². The predicted molar refractivity (Wildman–Crippen MR) is 58.3 cm³/mol. The quantitative estimate of drug-likeness (QED) is 0.665. The second-order valence-electron chi connectivity index (χ2n) is 3.02. The van der Waals surface area contributed by atoms with Crippen molar-refractivity contribution < 1.29 is 17.6 Å². The standard InChI is InChI=1S/C9H16N2O4S/c1-2-14-6-5-11-16(12,13)9-4-3-8(7-10)15-9/h3-4,11H,2,5-7,10H2,1H3. The Balaban J connectivity index is 2.56. The van der Waals surface area contributed by atoms with E-state index in [1.54, 1.807) is 0 Å². The van der Waals surface area contributed by atoms with Crippen molar-refractivity contribution in [3.05, 3.63) is 17.9 Å². The van der Waals surface area contributed by atoms with Gasteiger partial charge in [-0.05, 0) is 19.1 Å². The molecule has 92 valence electrons. The van der Waals surface area contributed by atoms with Crippen molar-refractivity contribution in [2.75, 3.05) is 19.8 Å². The fourth-order valence-electron chi connectivity index (χ4n) is 1.08. The van der Waals surface area contributed by atoms with Crippen LogP contribution in [0.5, 0.6) is 0 Å². The molecule has 0 atom stereocenters. The van der Waals surface area contributed by atoms with Crippen LogP contribution in [0.1, 0.15) is 12.7 Å². The summed E-state index contributed by atoms with van der Waals surface area (Å²) in [6, 6.07) is 2.92. The fourth-order valence-corrected chi connectivity index (χ4v) is 2.03. The van der Waals surface area contributed by atoms with E-state index < -0.39 is 10.0 Å². The van der Waals surface area contributed by atoms with Crippen LogP contribution in [0.15, 0.2) is 21.6 Å². The minimum absolute atomic E-state index is 0.121. The van der Waals surface area contributed by atoms with Gasteiger partial charge in [0.25, 0.3) is 10.0 Å². The van der Waals surface area contributed by atoms with E-state index in [1.165, 1.54) is 12.1 Å². The van der Waals surface area contributed by atoms with Gasteiger partial charge in [-0.15, -0.1) is 0 Å². The zero-order valence-corrected chi connectivity index (χ0v) is 9.92. The SMILES string of the molecule is CCOCCNS(=O)(=O)c1ccc(CN)o1. The zero-order chi connectivity index (χ0) is 12.0. The molecular weight excluding hydrogens is 232 g/mol. The third-order valence-corrected chi connectivity index (χ3v) is 3.18. The Bertz CT molecular complexity index is 413. The van der Waals surface area contributed by atoms with E-state index in [2.05, 4.69) is 4.72 Å². The number of hydrogen-bond donors (Lipinski definition) is 2. The second-order valence-corrected chi connectivity index (χ2v) is 4.72. The summed E-state index contributed by atoms with van der Waals surface area (Å²) in [5, 5.41) is -0.121. The molecule has 0 aromatic carbocycles. The summed E-state index contributed by atoms with van der Waals surface area (Å²) in [7, 11) is -3.58. The topological polar surface area (TPSA) is 94.6 Å². The van der Waals surface area contributed by atoms with Crippen molar-refractivity contribution in [2.45, 2.75) is 18.6 Å². The average Bonchev–Trinajstić information content (AvgIpc) is 2.73. The van der Waals surface area contributed by atoms with Crippen molar-refractivity contribution in [2.24, 2.45) is 5.73 Å². The largest absolute Gasteiger partial charge is 0.447 e. The number of furan rings is 1. The van der Waals surface area contributed by atoms with E-state index >= 15 is 0 Å². The molecule has 1 aromatic heterocycles. The first-order valence-corrected chi connectivity index (χ1v) is 6.44. The van der Waals surface area contributed by atoms with Crippen LogP contribution in [0.4, 0.5) is 0 Å². The van der Waals surface area contributed by atoms with Gasteiger partial charge in [0.2, 0.25) is 5.09 Å². The molecule has 0 bridgehead atoms. The van der Waals surface area contributed by atoms with Crippen molar-refractivity contribution in [3.8, 4) is 0 Å². The molecule has 0 aliphatic rings. The van der Waals surface area contributed by atoms with E-state index in [-0.39, 0.29) is 18.2 Å². The molecule has 0 aliphatic heterocycles. The van der Waals surface area contributed by atoms with Crippen molar-refractivity contribution in [1.82, 2.24) is 4.72 Å². The highest BCUT2D eigenvalue weighted by molar-refractivity contribution is 7.89. The van der Waals surface area contributed by atoms with E-state index in [0.717, 1.165) is 0 Å². The molecule has 0 aliphatic carbocycles. The Morgan fingerprint density at radius 1 is 1.50 bits per heavy atom. The van der Waals surface area contributed by atoms with E-state index in [0.29, 0.717) is 19.0 Å². The Morgan fingerprint density at radius 3 is 2.81 bits per heavy atom. The van der Waals surface area contributed by atoms with Crippen LogP contribution in [0.3, 0.4) is 0 Å². The molecule has 1 rings (SSSR count). The molecule has 7 heteroatoms. The summed E-state index contributed by atoms with van der Waals surface area (Å²) in [5.74, 6) is 0.435. The van der Waals surface area contributed by atoms with Crippen LogP contribution in [0.2, 0.25) is 0 Å². The third-order valence-electron chi connectivity index (χ3n) is 1.85. The summed E-state index contributed by atoms with van der Waals surface area (Å²) in [4.78, 5) is 0. The van der Waals surface area contributed by atoms with Gasteiger partial charge in [-0.2, -0.15) is 0 Å². The molecule has 0 radical (unpaired) electrons. The predicted octanol–water partition coefficient (Wildman–Crippen LogP) is 0.0531. The van der Waals surface area contributed by atoms with E-state index in [9.17, 15) is 8.42 Å². The molecule has 0 saturated heterocycles. The van der Waals surface area contributed by atoms with Crippen LogP contribution in [-0.2, 0) is 21.3 Å². The summed E-state index contributed by atoms with van der Waals surface area (Å²) in [6.07, 6.45) is 0. The smallest absolute Gasteiger partial charge is 0.274 e. The molecule has 1 heterocycles. The van der Waals surface area contributed by atoms with Gasteiger partial charge in [0.1, 0.15) is 5.76 Å². The summed E-state index contributed by atoms with van der Waals surface area (Å²) < 4.78 is 35.7. The maximum absolute atomic E-state index is 11.6. The number of sulfonamides is 1. The maximum atomic E-state index is 11.6.